The highest BCUT2D eigenvalue weighted by atomic mass is 15.3. The van der Waals surface area contributed by atoms with Crippen LogP contribution in [-0.4, -0.2) is 21.5 Å². The summed E-state index contributed by atoms with van der Waals surface area (Å²) in [5.74, 6) is 1.24. The van der Waals surface area contributed by atoms with Crippen LogP contribution in [0.5, 0.6) is 0 Å². The van der Waals surface area contributed by atoms with Gasteiger partial charge >= 0.3 is 0 Å². The first kappa shape index (κ1) is 15.5. The predicted molar refractivity (Wildman–Crippen MR) is 95.8 cm³/mol. The van der Waals surface area contributed by atoms with E-state index in [9.17, 15) is 0 Å². The van der Waals surface area contributed by atoms with Gasteiger partial charge in [-0.25, -0.2) is 15.0 Å². The molecule has 0 aliphatic carbocycles. The molecule has 0 radical (unpaired) electrons. The van der Waals surface area contributed by atoms with Crippen LogP contribution >= 0.6 is 0 Å². The fourth-order valence-corrected chi connectivity index (χ4v) is 2.86. The van der Waals surface area contributed by atoms with E-state index in [0.29, 0.717) is 11.9 Å². The highest BCUT2D eigenvalue weighted by molar-refractivity contribution is 5.95. The van der Waals surface area contributed by atoms with Crippen LogP contribution in [-0.2, 0) is 0 Å². The van der Waals surface area contributed by atoms with E-state index in [4.69, 9.17) is 0 Å². The summed E-state index contributed by atoms with van der Waals surface area (Å²) in [6, 6.07) is 4.26. The molecule has 2 aromatic rings. The summed E-state index contributed by atoms with van der Waals surface area (Å²) in [6.45, 7) is 12.4. The van der Waals surface area contributed by atoms with Gasteiger partial charge in [-0.2, -0.15) is 0 Å². The Bertz CT molecular complexity index is 846. The van der Waals surface area contributed by atoms with E-state index in [0.717, 1.165) is 22.3 Å². The van der Waals surface area contributed by atoms with Crippen LogP contribution in [0, 0.1) is 20.8 Å². The summed E-state index contributed by atoms with van der Waals surface area (Å²) in [5.41, 5.74) is 5.23. The summed E-state index contributed by atoms with van der Waals surface area (Å²) < 4.78 is 0. The van der Waals surface area contributed by atoms with Gasteiger partial charge in [-0.05, 0) is 70.9 Å². The second-order valence-corrected chi connectivity index (χ2v) is 6.78. The van der Waals surface area contributed by atoms with Gasteiger partial charge in [-0.15, -0.1) is 0 Å². The Morgan fingerprint density at radius 2 is 1.70 bits per heavy atom. The normalized spacial score (nSPS) is 16.6. The van der Waals surface area contributed by atoms with Crippen LogP contribution in [0.2, 0.25) is 0 Å². The van der Waals surface area contributed by atoms with Gasteiger partial charge in [0.25, 0.3) is 0 Å². The summed E-state index contributed by atoms with van der Waals surface area (Å²) in [7, 11) is 0. The molecule has 5 nitrogen and oxygen atoms in total. The lowest BCUT2D eigenvalue weighted by molar-refractivity contribution is 0.631. The molecule has 0 spiro atoms. The Morgan fingerprint density at radius 1 is 1.00 bits per heavy atom. The lowest BCUT2D eigenvalue weighted by atomic mass is 10.0. The van der Waals surface area contributed by atoms with Crippen molar-refractivity contribution in [1.82, 2.24) is 15.3 Å². The van der Waals surface area contributed by atoms with Crippen molar-refractivity contribution in [1.29, 1.82) is 0 Å². The number of nitrogens with one attached hydrogen (secondary N) is 2. The molecule has 1 aliphatic rings. The minimum Gasteiger partial charge on any atom is -0.330 e. The molecule has 5 heteroatoms. The lowest BCUT2D eigenvalue weighted by Crippen LogP contribution is -2.38. The Labute approximate surface area is 137 Å². The van der Waals surface area contributed by atoms with E-state index in [1.165, 1.54) is 11.1 Å². The number of benzene rings is 1. The minimum atomic E-state index is -0.239. The molecule has 2 heterocycles. The molecule has 0 saturated carbocycles. The topological polar surface area (TPSA) is 62.2 Å². The van der Waals surface area contributed by atoms with E-state index in [-0.39, 0.29) is 5.54 Å². The van der Waals surface area contributed by atoms with Gasteiger partial charge in [0.15, 0.2) is 0 Å². The average molecular weight is 309 g/mol. The number of anilines is 1. The van der Waals surface area contributed by atoms with Crippen LogP contribution in [0.3, 0.4) is 0 Å². The first-order valence-corrected chi connectivity index (χ1v) is 7.82. The monoisotopic (exact) mass is 309 g/mol. The van der Waals surface area contributed by atoms with Crippen LogP contribution < -0.4 is 10.6 Å². The Balaban J connectivity index is 1.98. The summed E-state index contributed by atoms with van der Waals surface area (Å²) >= 11 is 0. The third kappa shape index (κ3) is 3.18. The molecule has 1 aliphatic heterocycles. The molecular formula is C18H23N5. The van der Waals surface area contributed by atoms with Crippen LogP contribution in [0.25, 0.3) is 10.9 Å². The smallest absolute Gasteiger partial charge is 0.230 e. The van der Waals surface area contributed by atoms with Gasteiger partial charge in [0.2, 0.25) is 11.9 Å². The first-order valence-electron chi connectivity index (χ1n) is 7.82. The molecule has 0 fully saturated rings. The number of fused-ring (bicyclic) bond motifs is 1. The maximum Gasteiger partial charge on any atom is 0.230 e. The van der Waals surface area contributed by atoms with Crippen molar-refractivity contribution in [2.75, 3.05) is 5.32 Å². The zero-order valence-corrected chi connectivity index (χ0v) is 14.6. The molecule has 1 aromatic heterocycles. The Kier molecular flexibility index (Phi) is 3.59. The summed E-state index contributed by atoms with van der Waals surface area (Å²) in [6.07, 6.45) is 2.09. The number of nitrogens with zero attached hydrogens (tertiary/aromatic N) is 3. The van der Waals surface area contributed by atoms with Crippen molar-refractivity contribution < 1.29 is 0 Å². The molecule has 23 heavy (non-hydrogen) atoms. The summed E-state index contributed by atoms with van der Waals surface area (Å²) in [5, 5.41) is 7.53. The van der Waals surface area contributed by atoms with Crippen molar-refractivity contribution in [3.63, 3.8) is 0 Å². The third-order valence-corrected chi connectivity index (χ3v) is 4.02. The maximum atomic E-state index is 4.64. The Hall–Kier alpha value is -2.43. The zero-order valence-electron chi connectivity index (χ0n) is 14.6. The van der Waals surface area contributed by atoms with E-state index in [1.807, 2.05) is 13.8 Å². The van der Waals surface area contributed by atoms with Crippen molar-refractivity contribution in [3.05, 3.63) is 40.7 Å². The highest BCUT2D eigenvalue weighted by Crippen LogP contribution is 2.22. The van der Waals surface area contributed by atoms with Gasteiger partial charge < -0.3 is 5.32 Å². The first-order chi connectivity index (χ1) is 10.7. The molecule has 3 rings (SSSR count). The van der Waals surface area contributed by atoms with Crippen molar-refractivity contribution in [2.24, 2.45) is 4.99 Å². The fourth-order valence-electron chi connectivity index (χ4n) is 2.86. The zero-order chi connectivity index (χ0) is 16.8. The van der Waals surface area contributed by atoms with E-state index in [2.05, 4.69) is 71.5 Å². The molecule has 0 unspecified atom stereocenters. The van der Waals surface area contributed by atoms with E-state index < -0.39 is 0 Å². The van der Waals surface area contributed by atoms with Crippen LogP contribution in [0.15, 0.2) is 28.9 Å². The summed E-state index contributed by atoms with van der Waals surface area (Å²) in [4.78, 5) is 13.9. The molecular weight excluding hydrogens is 286 g/mol. The van der Waals surface area contributed by atoms with Crippen molar-refractivity contribution in [2.45, 2.75) is 47.1 Å². The second kappa shape index (κ2) is 5.33. The number of hydrogen-bond donors (Lipinski definition) is 2. The minimum absolute atomic E-state index is 0.239. The predicted octanol–water partition coefficient (Wildman–Crippen LogP) is 3.61. The largest absolute Gasteiger partial charge is 0.330 e. The molecule has 0 bridgehead atoms. The number of aryl methyl sites for hydroxylation is 3. The number of rotatable bonds is 1. The van der Waals surface area contributed by atoms with Gasteiger partial charge in [0.05, 0.1) is 16.7 Å². The molecule has 0 amide bonds. The van der Waals surface area contributed by atoms with Gasteiger partial charge in [0.1, 0.15) is 0 Å². The molecule has 1 aromatic carbocycles. The van der Waals surface area contributed by atoms with Crippen LogP contribution in [0.1, 0.15) is 37.6 Å². The third-order valence-electron chi connectivity index (χ3n) is 4.02. The van der Waals surface area contributed by atoms with E-state index >= 15 is 0 Å². The number of allylic oxidation sites excluding steroid dienone is 1. The molecule has 0 atom stereocenters. The average Bonchev–Trinajstić information content (AvgIpc) is 2.38. The standard InChI is InChI=1S/C18H23N5/c1-10-7-14-13(4)20-16(21-15(14)8-11(10)2)22-17-19-12(3)9-18(5,6)23-17/h7-9H,1-6H3,(H2,19,20,21,22,23). The number of guanidine groups is 1. The number of hydrogen-bond acceptors (Lipinski definition) is 5. The molecule has 0 saturated heterocycles. The lowest BCUT2D eigenvalue weighted by Gasteiger charge is -2.25. The van der Waals surface area contributed by atoms with E-state index in [1.54, 1.807) is 0 Å². The molecule has 2 N–H and O–H groups in total. The second-order valence-electron chi connectivity index (χ2n) is 6.78. The van der Waals surface area contributed by atoms with Crippen molar-refractivity contribution in [3.8, 4) is 0 Å². The SMILES string of the molecule is CC1=CC(C)(C)N=C(Nc2nc(C)c3cc(C)c(C)cc3n2)N1. The van der Waals surface area contributed by atoms with Gasteiger partial charge in [0, 0.05) is 11.1 Å². The Morgan fingerprint density at radius 3 is 2.39 bits per heavy atom. The van der Waals surface area contributed by atoms with Gasteiger partial charge in [-0.1, -0.05) is 0 Å². The van der Waals surface area contributed by atoms with Crippen LogP contribution in [0.4, 0.5) is 5.95 Å². The fraction of sp³-hybridized carbons (Fsp3) is 0.389. The quantitative estimate of drug-likeness (QED) is 0.845. The number of aliphatic imine (C=N–C) groups is 1. The maximum absolute atomic E-state index is 4.64. The van der Waals surface area contributed by atoms with Crippen molar-refractivity contribution >= 4 is 22.8 Å². The van der Waals surface area contributed by atoms with Gasteiger partial charge in [-0.3, -0.25) is 5.32 Å². The number of aromatic nitrogens is 2. The highest BCUT2D eigenvalue weighted by Gasteiger charge is 2.20. The molecule has 120 valence electrons.